The lowest BCUT2D eigenvalue weighted by molar-refractivity contribution is -0.156. The smallest absolute Gasteiger partial charge is 0.311 e. The molecule has 2 fully saturated rings. The molecule has 2 saturated heterocycles. The Kier molecular flexibility index (Phi) is 3.08. The minimum Gasteiger partial charge on any atom is -0.469 e. The fourth-order valence-electron chi connectivity index (χ4n) is 3.36. The first-order valence-corrected chi connectivity index (χ1v) is 6.58. The Bertz CT molecular complexity index is 429. The van der Waals surface area contributed by atoms with Gasteiger partial charge in [0.05, 0.1) is 25.2 Å². The van der Waals surface area contributed by atoms with Crippen LogP contribution in [0.3, 0.4) is 0 Å². The maximum atomic E-state index is 12.0. The topological polar surface area (TPSA) is 35.5 Å². The van der Waals surface area contributed by atoms with Gasteiger partial charge in [-0.15, -0.1) is 0 Å². The van der Waals surface area contributed by atoms with Gasteiger partial charge in [0, 0.05) is 5.92 Å². The van der Waals surface area contributed by atoms with Crippen LogP contribution in [-0.4, -0.2) is 25.3 Å². The average molecular weight is 246 g/mol. The van der Waals surface area contributed by atoms with Gasteiger partial charge in [0.25, 0.3) is 0 Å². The Hall–Kier alpha value is -1.35. The Morgan fingerprint density at radius 1 is 1.28 bits per heavy atom. The van der Waals surface area contributed by atoms with Crippen molar-refractivity contribution in [2.24, 2.45) is 5.92 Å². The SMILES string of the molecule is COC(=O)C1C(c2ccccc2)CC2CC[C@@H]1O2. The molecule has 3 unspecified atom stereocenters. The second kappa shape index (κ2) is 4.73. The number of fused-ring (bicyclic) bond motifs is 2. The van der Waals surface area contributed by atoms with Crippen LogP contribution in [0.5, 0.6) is 0 Å². The highest BCUT2D eigenvalue weighted by Crippen LogP contribution is 2.45. The number of carbonyl (C=O) groups excluding carboxylic acids is 1. The highest BCUT2D eigenvalue weighted by molar-refractivity contribution is 5.74. The van der Waals surface area contributed by atoms with E-state index in [1.165, 1.54) is 12.7 Å². The molecular formula is C15H18O3. The molecule has 3 heteroatoms. The zero-order valence-corrected chi connectivity index (χ0v) is 10.5. The predicted molar refractivity (Wildman–Crippen MR) is 67.2 cm³/mol. The Morgan fingerprint density at radius 3 is 2.78 bits per heavy atom. The minimum atomic E-state index is -0.142. The molecule has 0 saturated carbocycles. The molecule has 0 aromatic heterocycles. The van der Waals surface area contributed by atoms with Crippen LogP contribution in [0.1, 0.15) is 30.7 Å². The number of benzene rings is 1. The number of carbonyl (C=O) groups is 1. The molecular weight excluding hydrogens is 228 g/mol. The van der Waals surface area contributed by atoms with Gasteiger partial charge < -0.3 is 9.47 Å². The van der Waals surface area contributed by atoms with Gasteiger partial charge in [-0.25, -0.2) is 0 Å². The van der Waals surface area contributed by atoms with Crippen molar-refractivity contribution >= 4 is 5.97 Å². The molecule has 1 aromatic rings. The summed E-state index contributed by atoms with van der Waals surface area (Å²) in [5.74, 6) is -0.0322. The molecule has 96 valence electrons. The van der Waals surface area contributed by atoms with Gasteiger partial charge in [-0.2, -0.15) is 0 Å². The van der Waals surface area contributed by atoms with E-state index in [1.54, 1.807) is 0 Å². The summed E-state index contributed by atoms with van der Waals surface area (Å²) in [5.41, 5.74) is 1.23. The summed E-state index contributed by atoms with van der Waals surface area (Å²) in [5, 5.41) is 0. The summed E-state index contributed by atoms with van der Waals surface area (Å²) >= 11 is 0. The highest BCUT2D eigenvalue weighted by atomic mass is 16.5. The monoisotopic (exact) mass is 246 g/mol. The molecule has 1 aromatic carbocycles. The van der Waals surface area contributed by atoms with E-state index in [1.807, 2.05) is 18.2 Å². The second-order valence-corrected chi connectivity index (χ2v) is 5.18. The summed E-state index contributed by atoms with van der Waals surface area (Å²) < 4.78 is 10.9. The van der Waals surface area contributed by atoms with Gasteiger partial charge >= 0.3 is 5.97 Å². The molecule has 0 radical (unpaired) electrons. The van der Waals surface area contributed by atoms with Gasteiger partial charge in [0.1, 0.15) is 0 Å². The third-order valence-electron chi connectivity index (χ3n) is 4.19. The molecule has 2 heterocycles. The van der Waals surface area contributed by atoms with Gasteiger partial charge in [0.15, 0.2) is 0 Å². The summed E-state index contributed by atoms with van der Waals surface area (Å²) in [7, 11) is 1.46. The molecule has 2 bridgehead atoms. The Balaban J connectivity index is 1.93. The molecule has 0 aliphatic carbocycles. The van der Waals surface area contributed by atoms with E-state index in [2.05, 4.69) is 12.1 Å². The van der Waals surface area contributed by atoms with Crippen molar-refractivity contribution in [1.82, 2.24) is 0 Å². The van der Waals surface area contributed by atoms with Gasteiger partial charge in [-0.1, -0.05) is 30.3 Å². The molecule has 18 heavy (non-hydrogen) atoms. The van der Waals surface area contributed by atoms with Crippen LogP contribution in [-0.2, 0) is 14.3 Å². The summed E-state index contributed by atoms with van der Waals surface area (Å²) in [6, 6.07) is 10.3. The minimum absolute atomic E-state index is 0.0430. The number of rotatable bonds is 2. The molecule has 3 rings (SSSR count). The van der Waals surface area contributed by atoms with Crippen molar-refractivity contribution < 1.29 is 14.3 Å². The zero-order chi connectivity index (χ0) is 12.5. The van der Waals surface area contributed by atoms with Crippen molar-refractivity contribution in [3.63, 3.8) is 0 Å². The largest absolute Gasteiger partial charge is 0.469 e. The summed E-state index contributed by atoms with van der Waals surface area (Å²) in [6.07, 6.45) is 3.35. The third kappa shape index (κ3) is 1.93. The summed E-state index contributed by atoms with van der Waals surface area (Å²) in [4.78, 5) is 12.0. The van der Waals surface area contributed by atoms with E-state index in [4.69, 9.17) is 9.47 Å². The maximum Gasteiger partial charge on any atom is 0.311 e. The number of methoxy groups -OCH3 is 1. The normalized spacial score (nSPS) is 34.3. The van der Waals surface area contributed by atoms with Crippen molar-refractivity contribution in [1.29, 1.82) is 0 Å². The van der Waals surface area contributed by atoms with E-state index < -0.39 is 0 Å². The number of hydrogen-bond acceptors (Lipinski definition) is 3. The average Bonchev–Trinajstić information content (AvgIpc) is 2.80. The van der Waals surface area contributed by atoms with Crippen LogP contribution in [0.25, 0.3) is 0 Å². The first-order valence-electron chi connectivity index (χ1n) is 6.58. The van der Waals surface area contributed by atoms with E-state index in [-0.39, 0.29) is 23.9 Å². The van der Waals surface area contributed by atoms with E-state index in [0.717, 1.165) is 19.3 Å². The van der Waals surface area contributed by atoms with Crippen molar-refractivity contribution in [3.05, 3.63) is 35.9 Å². The Labute approximate surface area is 107 Å². The molecule has 2 aliphatic heterocycles. The van der Waals surface area contributed by atoms with Gasteiger partial charge in [0.2, 0.25) is 0 Å². The van der Waals surface area contributed by atoms with E-state index in [0.29, 0.717) is 6.10 Å². The van der Waals surface area contributed by atoms with Crippen LogP contribution in [0.4, 0.5) is 0 Å². The van der Waals surface area contributed by atoms with E-state index >= 15 is 0 Å². The third-order valence-corrected chi connectivity index (χ3v) is 4.19. The Morgan fingerprint density at radius 2 is 2.06 bits per heavy atom. The van der Waals surface area contributed by atoms with Crippen LogP contribution in [0.2, 0.25) is 0 Å². The fourth-order valence-corrected chi connectivity index (χ4v) is 3.36. The first-order chi connectivity index (χ1) is 8.79. The predicted octanol–water partition coefficient (Wildman–Crippen LogP) is 2.51. The lowest BCUT2D eigenvalue weighted by Gasteiger charge is -2.35. The summed E-state index contributed by atoms with van der Waals surface area (Å²) in [6.45, 7) is 0. The molecule has 4 atom stereocenters. The number of esters is 1. The van der Waals surface area contributed by atoms with Crippen molar-refractivity contribution in [2.45, 2.75) is 37.4 Å². The molecule has 0 amide bonds. The number of ether oxygens (including phenoxy) is 2. The van der Waals surface area contributed by atoms with Crippen molar-refractivity contribution in [2.75, 3.05) is 7.11 Å². The molecule has 3 nitrogen and oxygen atoms in total. The van der Waals surface area contributed by atoms with E-state index in [9.17, 15) is 4.79 Å². The lowest BCUT2D eigenvalue weighted by Crippen LogP contribution is -2.39. The molecule has 0 spiro atoms. The second-order valence-electron chi connectivity index (χ2n) is 5.18. The quantitative estimate of drug-likeness (QED) is 0.752. The van der Waals surface area contributed by atoms with Crippen molar-refractivity contribution in [3.8, 4) is 0 Å². The number of hydrogen-bond donors (Lipinski definition) is 0. The van der Waals surface area contributed by atoms with Crippen LogP contribution in [0, 0.1) is 5.92 Å². The first kappa shape index (κ1) is 11.7. The van der Waals surface area contributed by atoms with Gasteiger partial charge in [-0.3, -0.25) is 4.79 Å². The standard InChI is InChI=1S/C15H18O3/c1-17-15(16)14-12(10-5-3-2-4-6-10)9-11-7-8-13(14)18-11/h2-6,11-14H,7-9H2,1H3/t11?,12?,13-,14?/m0/s1. The van der Waals surface area contributed by atoms with Crippen LogP contribution < -0.4 is 0 Å². The lowest BCUT2D eigenvalue weighted by atomic mass is 9.79. The highest BCUT2D eigenvalue weighted by Gasteiger charge is 2.47. The zero-order valence-electron chi connectivity index (χ0n) is 10.5. The van der Waals surface area contributed by atoms with Crippen LogP contribution >= 0.6 is 0 Å². The maximum absolute atomic E-state index is 12.0. The van der Waals surface area contributed by atoms with Crippen LogP contribution in [0.15, 0.2) is 30.3 Å². The van der Waals surface area contributed by atoms with Gasteiger partial charge in [-0.05, 0) is 24.8 Å². The fraction of sp³-hybridized carbons (Fsp3) is 0.533. The molecule has 0 N–H and O–H groups in total. The molecule has 2 aliphatic rings.